The summed E-state index contributed by atoms with van der Waals surface area (Å²) >= 11 is 0. The number of aromatic hydroxyl groups is 1. The van der Waals surface area contributed by atoms with Crippen LogP contribution >= 0.6 is 0 Å². The van der Waals surface area contributed by atoms with Crippen LogP contribution in [0.5, 0.6) is 5.75 Å². The van der Waals surface area contributed by atoms with E-state index in [4.69, 9.17) is 0 Å². The Morgan fingerprint density at radius 2 is 1.68 bits per heavy atom. The second-order valence-corrected chi connectivity index (χ2v) is 10.4. The Balaban J connectivity index is 1.87. The quantitative estimate of drug-likeness (QED) is 0.360. The molecule has 0 aliphatic heterocycles. The van der Waals surface area contributed by atoms with Crippen molar-refractivity contribution in [3.05, 3.63) is 81.6 Å². The lowest BCUT2D eigenvalue weighted by Crippen LogP contribution is -2.69. The van der Waals surface area contributed by atoms with Crippen LogP contribution in [0.25, 0.3) is 17.4 Å². The summed E-state index contributed by atoms with van der Waals surface area (Å²) in [5.74, 6) is -10.8. The summed E-state index contributed by atoms with van der Waals surface area (Å²) in [7, 11) is 2.84. The molecule has 0 bridgehead atoms. The number of rotatable bonds is 3. The smallest absolute Gasteiger partial charge is 0.203 e. The first-order valence-electron chi connectivity index (χ1n) is 12.3. The van der Waals surface area contributed by atoms with E-state index in [1.807, 2.05) is 0 Å². The van der Waals surface area contributed by atoms with Gasteiger partial charge < -0.3 is 25.5 Å². The van der Waals surface area contributed by atoms with Crippen LogP contribution < -0.4 is 0 Å². The number of hydrogen-bond donors (Lipinski definition) is 5. The molecule has 208 valence electrons. The third-order valence-electron chi connectivity index (χ3n) is 7.84. The third-order valence-corrected chi connectivity index (χ3v) is 7.84. The Morgan fingerprint density at radius 3 is 2.25 bits per heavy atom. The number of phenols is 1. The van der Waals surface area contributed by atoms with Gasteiger partial charge in [0.25, 0.3) is 0 Å². The number of nitrogens with zero attached hydrogens (tertiary/aromatic N) is 1. The minimum Gasteiger partial charge on any atom is -0.508 e. The molecule has 2 aromatic carbocycles. The lowest BCUT2D eigenvalue weighted by atomic mass is 9.55. The van der Waals surface area contributed by atoms with Crippen molar-refractivity contribution < 1.29 is 48.7 Å². The van der Waals surface area contributed by atoms with Crippen molar-refractivity contribution in [3.63, 3.8) is 0 Å². The molecule has 1 saturated carbocycles. The molecule has 40 heavy (non-hydrogen) atoms. The number of halogens is 2. The van der Waals surface area contributed by atoms with Crippen LogP contribution in [-0.2, 0) is 14.4 Å². The molecule has 9 nitrogen and oxygen atoms in total. The van der Waals surface area contributed by atoms with Gasteiger partial charge in [-0.2, -0.15) is 0 Å². The van der Waals surface area contributed by atoms with E-state index in [1.165, 1.54) is 43.3 Å². The highest BCUT2D eigenvalue weighted by molar-refractivity contribution is 6.25. The maximum atomic E-state index is 14.1. The van der Waals surface area contributed by atoms with Crippen LogP contribution in [0.2, 0.25) is 0 Å². The van der Waals surface area contributed by atoms with E-state index in [9.17, 15) is 48.7 Å². The van der Waals surface area contributed by atoms with E-state index in [1.54, 1.807) is 0 Å². The molecular formula is C29H25F2NO8. The van der Waals surface area contributed by atoms with Gasteiger partial charge in [-0.25, -0.2) is 8.78 Å². The molecule has 5 unspecified atom stereocenters. The highest BCUT2D eigenvalue weighted by Gasteiger charge is 2.68. The predicted octanol–water partition coefficient (Wildman–Crippen LogP) is 2.31. The van der Waals surface area contributed by atoms with E-state index in [-0.39, 0.29) is 22.3 Å². The Labute approximate surface area is 226 Å². The lowest BCUT2D eigenvalue weighted by molar-refractivity contribution is -0.166. The summed E-state index contributed by atoms with van der Waals surface area (Å²) in [4.78, 5) is 41.1. The number of carbonyl (C=O) groups excluding carboxylic acids is 3. The number of aliphatic hydroxyl groups excluding tert-OH is 3. The first-order chi connectivity index (χ1) is 18.7. The number of fused-ring (bicyclic) bond motifs is 3. The summed E-state index contributed by atoms with van der Waals surface area (Å²) in [6.45, 7) is 0.969. The van der Waals surface area contributed by atoms with Crippen LogP contribution in [0.1, 0.15) is 23.6 Å². The summed E-state index contributed by atoms with van der Waals surface area (Å²) in [6, 6.07) is 5.23. The molecule has 0 aromatic heterocycles. The van der Waals surface area contributed by atoms with Crippen molar-refractivity contribution in [3.8, 4) is 5.75 Å². The van der Waals surface area contributed by atoms with E-state index < -0.39 is 87.0 Å². The van der Waals surface area contributed by atoms with Gasteiger partial charge in [0.15, 0.2) is 17.2 Å². The molecule has 3 aliphatic carbocycles. The maximum absolute atomic E-state index is 14.1. The van der Waals surface area contributed by atoms with Crippen molar-refractivity contribution in [2.24, 2.45) is 11.8 Å². The molecule has 0 amide bonds. The fraction of sp³-hybridized carbons (Fsp3) is 0.276. The minimum absolute atomic E-state index is 0.0199. The standard InChI is InChI=1S/C29H25F2NO8/c1-11(33)18-26(37)23(32(2)3)22-25(36)20-16(9-12-7-13(30)10-14(31)8-12)15-5-4-6-17(34)19(15)24(35)21(20)28(39)29(22,40)27(18)38/h4-10,20,22-23,25,34-36,38,40H,1-3H3/b16-9+. The van der Waals surface area contributed by atoms with Crippen molar-refractivity contribution in [2.45, 2.75) is 24.7 Å². The molecule has 2 aromatic rings. The Bertz CT molecular complexity index is 1590. The number of carbonyl (C=O) groups is 3. The zero-order chi connectivity index (χ0) is 29.4. The molecule has 5 N–H and O–H groups in total. The average molecular weight is 554 g/mol. The Hall–Kier alpha value is -4.19. The number of aliphatic hydroxyl groups is 4. The molecule has 1 fully saturated rings. The second kappa shape index (κ2) is 9.19. The summed E-state index contributed by atoms with van der Waals surface area (Å²) < 4.78 is 28.2. The highest BCUT2D eigenvalue weighted by Crippen LogP contribution is 2.56. The average Bonchev–Trinajstić information content (AvgIpc) is 2.84. The number of ketones is 3. The van der Waals surface area contributed by atoms with E-state index >= 15 is 0 Å². The van der Waals surface area contributed by atoms with E-state index in [2.05, 4.69) is 0 Å². The fourth-order valence-electron chi connectivity index (χ4n) is 6.25. The second-order valence-electron chi connectivity index (χ2n) is 10.4. The van der Waals surface area contributed by atoms with Crippen LogP contribution in [0.15, 0.2) is 53.3 Å². The van der Waals surface area contributed by atoms with E-state index in [0.29, 0.717) is 6.07 Å². The predicted molar refractivity (Wildman–Crippen MR) is 138 cm³/mol. The number of hydrogen-bond acceptors (Lipinski definition) is 9. The SMILES string of the molecule is CC(=O)C1=C(O)C2(O)C(=O)C3=C(O)c4c(O)cccc4/C(=C\c4cc(F)cc(F)c4)C3C(O)C2C(N(C)C)C1=O. The number of likely N-dealkylation sites (N-methyl/N-ethyl adjacent to an activating group) is 1. The summed E-state index contributed by atoms with van der Waals surface area (Å²) in [5.41, 5.74) is -4.58. The van der Waals surface area contributed by atoms with Crippen LogP contribution in [0.4, 0.5) is 8.78 Å². The van der Waals surface area contributed by atoms with Gasteiger partial charge in [-0.15, -0.1) is 0 Å². The first-order valence-corrected chi connectivity index (χ1v) is 12.3. The van der Waals surface area contributed by atoms with Crippen LogP contribution in [0.3, 0.4) is 0 Å². The minimum atomic E-state index is -3.01. The highest BCUT2D eigenvalue weighted by atomic mass is 19.1. The zero-order valence-electron chi connectivity index (χ0n) is 21.5. The summed E-state index contributed by atoms with van der Waals surface area (Å²) in [5, 5.41) is 56.6. The Morgan fingerprint density at radius 1 is 1.05 bits per heavy atom. The van der Waals surface area contributed by atoms with Gasteiger partial charge in [-0.3, -0.25) is 19.3 Å². The first kappa shape index (κ1) is 27.4. The molecule has 0 heterocycles. The van der Waals surface area contributed by atoms with Gasteiger partial charge in [0.1, 0.15) is 34.5 Å². The van der Waals surface area contributed by atoms with Crippen LogP contribution in [-0.4, -0.2) is 79.6 Å². The zero-order valence-corrected chi connectivity index (χ0v) is 21.5. The summed E-state index contributed by atoms with van der Waals surface area (Å²) in [6.07, 6.45) is -0.610. The molecule has 5 atom stereocenters. The monoisotopic (exact) mass is 553 g/mol. The van der Waals surface area contributed by atoms with Crippen molar-refractivity contribution in [1.82, 2.24) is 4.90 Å². The fourth-order valence-corrected chi connectivity index (χ4v) is 6.25. The van der Waals surface area contributed by atoms with Gasteiger partial charge in [0.2, 0.25) is 5.78 Å². The molecule has 11 heteroatoms. The topological polar surface area (TPSA) is 156 Å². The van der Waals surface area contributed by atoms with Gasteiger partial charge >= 0.3 is 0 Å². The Kier molecular flexibility index (Phi) is 6.29. The van der Waals surface area contributed by atoms with Gasteiger partial charge in [0, 0.05) is 12.0 Å². The molecule has 3 aliphatic rings. The third kappa shape index (κ3) is 3.65. The molecule has 0 saturated heterocycles. The van der Waals surface area contributed by atoms with Crippen molar-refractivity contribution in [2.75, 3.05) is 14.1 Å². The van der Waals surface area contributed by atoms with Crippen LogP contribution in [0, 0.1) is 23.5 Å². The molecule has 0 spiro atoms. The van der Waals surface area contributed by atoms with Gasteiger partial charge in [0.05, 0.1) is 29.2 Å². The maximum Gasteiger partial charge on any atom is 0.203 e. The van der Waals surface area contributed by atoms with Gasteiger partial charge in [-0.1, -0.05) is 18.2 Å². The largest absolute Gasteiger partial charge is 0.508 e. The number of phenolic OH excluding ortho intramolecular Hbond substituents is 1. The van der Waals surface area contributed by atoms with Crippen molar-refractivity contribution in [1.29, 1.82) is 0 Å². The molecule has 0 radical (unpaired) electrons. The normalized spacial score (nSPS) is 29.1. The lowest BCUT2D eigenvalue weighted by Gasteiger charge is -2.53. The van der Waals surface area contributed by atoms with Gasteiger partial charge in [-0.05, 0) is 55.9 Å². The number of Topliss-reactive ketones (excluding diaryl/α,β-unsaturated/α-hetero) is 3. The molecular weight excluding hydrogens is 528 g/mol. The van der Waals surface area contributed by atoms with Crippen molar-refractivity contribution >= 4 is 34.8 Å². The number of benzene rings is 2. The molecule has 5 rings (SSSR count). The van der Waals surface area contributed by atoms with E-state index in [0.717, 1.165) is 19.1 Å².